The third-order valence-electron chi connectivity index (χ3n) is 4.09. The van der Waals surface area contributed by atoms with Crippen molar-refractivity contribution in [2.75, 3.05) is 5.75 Å². The van der Waals surface area contributed by atoms with Crippen LogP contribution < -0.4 is 0 Å². The van der Waals surface area contributed by atoms with E-state index < -0.39 is 11.7 Å². The number of carbonyl (C=O) groups is 1. The zero-order chi connectivity index (χ0) is 14.0. The Hall–Kier alpha value is -0.260. The van der Waals surface area contributed by atoms with Crippen molar-refractivity contribution in [1.82, 2.24) is 0 Å². The molecule has 1 aliphatic carbocycles. The number of aliphatic hydroxyl groups excluding tert-OH is 1. The molecule has 0 spiro atoms. The maximum Gasteiger partial charge on any atom is 0.346 e. The quantitative estimate of drug-likeness (QED) is 0.808. The molecule has 2 aliphatic rings. The van der Waals surface area contributed by atoms with E-state index in [-0.39, 0.29) is 12.1 Å². The highest BCUT2D eigenvalue weighted by atomic mass is 32.2. The molecule has 19 heavy (non-hydrogen) atoms. The first kappa shape index (κ1) is 15.1. The van der Waals surface area contributed by atoms with Gasteiger partial charge in [0.05, 0.1) is 0 Å². The molecular formula is C14H24O4S. The Bertz CT molecular complexity index is 321. The van der Waals surface area contributed by atoms with Gasteiger partial charge in [-0.1, -0.05) is 27.2 Å². The Morgan fingerprint density at radius 2 is 2.16 bits per heavy atom. The SMILES string of the molecule is CC(C)C1CC[C@@H](C)CC1OC(=O)[C@@H]1O[C@@H](O)CS1. The van der Waals surface area contributed by atoms with E-state index in [1.165, 1.54) is 18.2 Å². The highest BCUT2D eigenvalue weighted by Gasteiger charge is 2.37. The molecule has 0 bridgehead atoms. The van der Waals surface area contributed by atoms with Crippen LogP contribution in [0.2, 0.25) is 0 Å². The summed E-state index contributed by atoms with van der Waals surface area (Å²) in [7, 11) is 0. The van der Waals surface area contributed by atoms with Gasteiger partial charge in [0.2, 0.25) is 5.44 Å². The van der Waals surface area contributed by atoms with Crippen LogP contribution in [0.3, 0.4) is 0 Å². The van der Waals surface area contributed by atoms with Crippen molar-refractivity contribution in [3.63, 3.8) is 0 Å². The van der Waals surface area contributed by atoms with E-state index in [9.17, 15) is 9.90 Å². The minimum atomic E-state index is -0.839. The number of carbonyl (C=O) groups excluding carboxylic acids is 1. The van der Waals surface area contributed by atoms with Gasteiger partial charge in [0, 0.05) is 5.75 Å². The van der Waals surface area contributed by atoms with Crippen LogP contribution in [0.1, 0.15) is 40.0 Å². The molecule has 5 atom stereocenters. The van der Waals surface area contributed by atoms with Crippen LogP contribution in [0, 0.1) is 17.8 Å². The summed E-state index contributed by atoms with van der Waals surface area (Å²) < 4.78 is 10.8. The molecule has 0 aromatic carbocycles. The van der Waals surface area contributed by atoms with Crippen LogP contribution in [0.25, 0.3) is 0 Å². The van der Waals surface area contributed by atoms with Crippen LogP contribution in [0.5, 0.6) is 0 Å². The summed E-state index contributed by atoms with van der Waals surface area (Å²) in [6.45, 7) is 6.58. The maximum absolute atomic E-state index is 12.1. The second kappa shape index (κ2) is 6.46. The molecule has 110 valence electrons. The minimum Gasteiger partial charge on any atom is -0.459 e. The van der Waals surface area contributed by atoms with Crippen molar-refractivity contribution < 1.29 is 19.4 Å². The molecule has 1 N–H and O–H groups in total. The van der Waals surface area contributed by atoms with Crippen molar-refractivity contribution in [2.24, 2.45) is 17.8 Å². The fraction of sp³-hybridized carbons (Fsp3) is 0.929. The van der Waals surface area contributed by atoms with E-state index in [0.717, 1.165) is 12.8 Å². The van der Waals surface area contributed by atoms with Gasteiger partial charge in [0.1, 0.15) is 6.10 Å². The molecule has 2 unspecified atom stereocenters. The van der Waals surface area contributed by atoms with E-state index in [2.05, 4.69) is 20.8 Å². The van der Waals surface area contributed by atoms with Gasteiger partial charge in [0.15, 0.2) is 6.29 Å². The lowest BCUT2D eigenvalue weighted by Crippen LogP contribution is -2.38. The second-order valence-corrected chi connectivity index (χ2v) is 7.15. The number of ether oxygens (including phenoxy) is 2. The van der Waals surface area contributed by atoms with E-state index in [1.54, 1.807) is 0 Å². The van der Waals surface area contributed by atoms with Gasteiger partial charge in [0.25, 0.3) is 0 Å². The molecule has 0 amide bonds. The fourth-order valence-corrected chi connectivity index (χ4v) is 3.79. The third kappa shape index (κ3) is 3.86. The van der Waals surface area contributed by atoms with Gasteiger partial charge >= 0.3 is 5.97 Å². The normalized spacial score (nSPS) is 39.5. The third-order valence-corrected chi connectivity index (χ3v) is 5.18. The van der Waals surface area contributed by atoms with Gasteiger partial charge in [-0.05, 0) is 30.6 Å². The molecule has 1 saturated heterocycles. The summed E-state index contributed by atoms with van der Waals surface area (Å²) in [6.07, 6.45) is 2.43. The zero-order valence-electron chi connectivity index (χ0n) is 11.9. The maximum atomic E-state index is 12.1. The number of esters is 1. The van der Waals surface area contributed by atoms with Gasteiger partial charge in [-0.25, -0.2) is 4.79 Å². The average molecular weight is 288 g/mol. The van der Waals surface area contributed by atoms with Gasteiger partial charge < -0.3 is 14.6 Å². The molecule has 2 rings (SSSR count). The van der Waals surface area contributed by atoms with Crippen molar-refractivity contribution >= 4 is 17.7 Å². The number of hydrogen-bond acceptors (Lipinski definition) is 5. The van der Waals surface area contributed by atoms with E-state index in [4.69, 9.17) is 9.47 Å². The predicted molar refractivity (Wildman–Crippen MR) is 74.6 cm³/mol. The fourth-order valence-electron chi connectivity index (χ4n) is 2.97. The standard InChI is InChI=1S/C14H24O4S/c1-8(2)10-5-4-9(3)6-11(10)17-13(16)14-18-12(15)7-19-14/h8-12,14-15H,4-7H2,1-3H3/t9-,10?,11?,12-,14-/m1/s1. The average Bonchev–Trinajstić information content (AvgIpc) is 2.75. The first-order valence-corrected chi connectivity index (χ1v) is 8.18. The van der Waals surface area contributed by atoms with Crippen molar-refractivity contribution in [1.29, 1.82) is 0 Å². The van der Waals surface area contributed by atoms with Crippen LogP contribution in [0.15, 0.2) is 0 Å². The number of hydrogen-bond donors (Lipinski definition) is 1. The number of aliphatic hydroxyl groups is 1. The highest BCUT2D eigenvalue weighted by molar-refractivity contribution is 8.00. The number of rotatable bonds is 3. The van der Waals surface area contributed by atoms with Crippen molar-refractivity contribution in [3.05, 3.63) is 0 Å². The Morgan fingerprint density at radius 1 is 1.42 bits per heavy atom. The largest absolute Gasteiger partial charge is 0.459 e. The first-order chi connectivity index (χ1) is 8.97. The monoisotopic (exact) mass is 288 g/mol. The summed E-state index contributed by atoms with van der Waals surface area (Å²) in [4.78, 5) is 12.1. The van der Waals surface area contributed by atoms with Gasteiger partial charge in [-0.15, -0.1) is 11.8 Å². The molecule has 0 radical (unpaired) electrons. The summed E-state index contributed by atoms with van der Waals surface area (Å²) >= 11 is 1.31. The molecule has 4 nitrogen and oxygen atoms in total. The minimum absolute atomic E-state index is 0.00167. The lowest BCUT2D eigenvalue weighted by atomic mass is 9.75. The highest BCUT2D eigenvalue weighted by Crippen LogP contribution is 2.36. The summed E-state index contributed by atoms with van der Waals surface area (Å²) in [5.41, 5.74) is -0.653. The van der Waals surface area contributed by atoms with Crippen molar-refractivity contribution in [2.45, 2.75) is 57.9 Å². The van der Waals surface area contributed by atoms with Crippen LogP contribution >= 0.6 is 11.8 Å². The molecule has 0 aromatic rings. The number of thioether (sulfide) groups is 1. The molecule has 1 heterocycles. The van der Waals surface area contributed by atoms with Crippen LogP contribution in [0.4, 0.5) is 0 Å². The van der Waals surface area contributed by atoms with E-state index in [0.29, 0.717) is 23.5 Å². The van der Waals surface area contributed by atoms with E-state index >= 15 is 0 Å². The van der Waals surface area contributed by atoms with Crippen molar-refractivity contribution in [3.8, 4) is 0 Å². The molecule has 1 aliphatic heterocycles. The summed E-state index contributed by atoms with van der Waals surface area (Å²) in [6, 6.07) is 0. The smallest absolute Gasteiger partial charge is 0.346 e. The lowest BCUT2D eigenvalue weighted by molar-refractivity contribution is -0.172. The predicted octanol–water partition coefficient (Wildman–Crippen LogP) is 2.40. The molecular weight excluding hydrogens is 264 g/mol. The molecule has 5 heteroatoms. The summed E-state index contributed by atoms with van der Waals surface area (Å²) in [5.74, 6) is 1.68. The van der Waals surface area contributed by atoms with E-state index in [1.807, 2.05) is 0 Å². The van der Waals surface area contributed by atoms with Crippen LogP contribution in [-0.2, 0) is 14.3 Å². The molecule has 0 aromatic heterocycles. The van der Waals surface area contributed by atoms with Crippen LogP contribution in [-0.4, -0.2) is 34.7 Å². The Morgan fingerprint density at radius 3 is 2.74 bits per heavy atom. The van der Waals surface area contributed by atoms with Gasteiger partial charge in [-0.2, -0.15) is 0 Å². The lowest BCUT2D eigenvalue weighted by Gasteiger charge is -2.37. The molecule has 1 saturated carbocycles. The Labute approximate surface area is 119 Å². The summed E-state index contributed by atoms with van der Waals surface area (Å²) in [5, 5.41) is 9.29. The topological polar surface area (TPSA) is 55.8 Å². The van der Waals surface area contributed by atoms with Gasteiger partial charge in [-0.3, -0.25) is 0 Å². The Balaban J connectivity index is 1.92. The second-order valence-electron chi connectivity index (χ2n) is 6.06. The molecule has 2 fully saturated rings. The first-order valence-electron chi connectivity index (χ1n) is 7.13. The zero-order valence-corrected chi connectivity index (χ0v) is 12.7. The Kier molecular flexibility index (Phi) is 5.15.